The first kappa shape index (κ1) is 6.53. The topological polar surface area (TPSA) is 94.0 Å². The first-order chi connectivity index (χ1) is 4.74. The van der Waals surface area contributed by atoms with E-state index >= 15 is 0 Å². The van der Waals surface area contributed by atoms with Crippen LogP contribution in [0.25, 0.3) is 0 Å². The van der Waals surface area contributed by atoms with Gasteiger partial charge in [-0.1, -0.05) is 0 Å². The maximum absolute atomic E-state index is 10.7. The van der Waals surface area contributed by atoms with E-state index in [9.17, 15) is 4.79 Å². The van der Waals surface area contributed by atoms with Crippen molar-refractivity contribution in [1.82, 2.24) is 15.5 Å². The Balaban J connectivity index is 2.85. The summed E-state index contributed by atoms with van der Waals surface area (Å²) in [6.07, 6.45) is 0. The van der Waals surface area contributed by atoms with Crippen LogP contribution in [0.1, 0.15) is 10.6 Å². The zero-order valence-electron chi connectivity index (χ0n) is 5.29. The number of anilines is 1. The van der Waals surface area contributed by atoms with E-state index in [0.29, 0.717) is 0 Å². The molecule has 54 valence electrons. The van der Waals surface area contributed by atoms with Gasteiger partial charge in [-0.25, -0.2) is 0 Å². The van der Waals surface area contributed by atoms with Gasteiger partial charge in [-0.15, -0.1) is 0 Å². The zero-order valence-corrected chi connectivity index (χ0v) is 5.29. The van der Waals surface area contributed by atoms with Crippen LogP contribution >= 0.6 is 0 Å². The second kappa shape index (κ2) is 2.34. The van der Waals surface area contributed by atoms with Gasteiger partial charge in [0.25, 0.3) is 11.7 Å². The van der Waals surface area contributed by atoms with E-state index in [1.807, 2.05) is 0 Å². The van der Waals surface area contributed by atoms with Gasteiger partial charge in [0.1, 0.15) is 0 Å². The number of aromatic nitrogens is 2. The molecule has 0 unspecified atom stereocenters. The van der Waals surface area contributed by atoms with Gasteiger partial charge in [0.15, 0.2) is 0 Å². The highest BCUT2D eigenvalue weighted by Gasteiger charge is 2.09. The number of amides is 1. The fourth-order valence-electron chi connectivity index (χ4n) is 0.439. The lowest BCUT2D eigenvalue weighted by atomic mass is 10.6. The third-order valence-electron chi connectivity index (χ3n) is 0.872. The standard InChI is InChI=1S/C4H6N4O2/c1-6-3(9)2-7-4(5)10-8-2/h1H3,(H,6,9)(H2,5,7,8). The Labute approximate surface area is 56.4 Å². The predicted octanol–water partition coefficient (Wildman–Crippen LogP) is -0.989. The maximum Gasteiger partial charge on any atom is 0.319 e. The van der Waals surface area contributed by atoms with Gasteiger partial charge in [0.2, 0.25) is 0 Å². The van der Waals surface area contributed by atoms with Crippen molar-refractivity contribution in [2.75, 3.05) is 12.8 Å². The Morgan fingerprint density at radius 3 is 2.90 bits per heavy atom. The van der Waals surface area contributed by atoms with Crippen molar-refractivity contribution < 1.29 is 9.32 Å². The zero-order chi connectivity index (χ0) is 7.56. The number of hydrogen-bond acceptors (Lipinski definition) is 5. The van der Waals surface area contributed by atoms with Crippen LogP contribution in [0.3, 0.4) is 0 Å². The molecular weight excluding hydrogens is 136 g/mol. The SMILES string of the molecule is CNC(=O)c1noc(N)n1. The van der Waals surface area contributed by atoms with Crippen molar-refractivity contribution in [1.29, 1.82) is 0 Å². The molecule has 0 aliphatic carbocycles. The Hall–Kier alpha value is -1.59. The molecule has 6 heteroatoms. The Kier molecular flexibility index (Phi) is 1.53. The molecule has 0 saturated carbocycles. The molecule has 6 nitrogen and oxygen atoms in total. The monoisotopic (exact) mass is 142 g/mol. The highest BCUT2D eigenvalue weighted by molar-refractivity contribution is 5.90. The van der Waals surface area contributed by atoms with Gasteiger partial charge in [0, 0.05) is 7.05 Å². The molecule has 0 aromatic carbocycles. The van der Waals surface area contributed by atoms with E-state index in [1.165, 1.54) is 7.05 Å². The molecule has 0 aliphatic heterocycles. The summed E-state index contributed by atoms with van der Waals surface area (Å²) in [5, 5.41) is 5.58. The van der Waals surface area contributed by atoms with Crippen molar-refractivity contribution in [2.24, 2.45) is 0 Å². The molecular formula is C4H6N4O2. The first-order valence-electron chi connectivity index (χ1n) is 2.55. The Morgan fingerprint density at radius 1 is 1.80 bits per heavy atom. The summed E-state index contributed by atoms with van der Waals surface area (Å²) in [5.41, 5.74) is 5.05. The number of hydrogen-bond donors (Lipinski definition) is 2. The van der Waals surface area contributed by atoms with Crippen LogP contribution in [-0.2, 0) is 0 Å². The molecule has 0 fully saturated rings. The molecule has 0 spiro atoms. The van der Waals surface area contributed by atoms with Crippen LogP contribution in [0.15, 0.2) is 4.52 Å². The highest BCUT2D eigenvalue weighted by atomic mass is 16.5. The molecule has 1 rings (SSSR count). The second-order valence-corrected chi connectivity index (χ2v) is 1.54. The number of nitrogens with one attached hydrogen (secondary N) is 1. The third kappa shape index (κ3) is 1.04. The number of nitrogens with zero attached hydrogens (tertiary/aromatic N) is 2. The summed E-state index contributed by atoms with van der Waals surface area (Å²) in [6.45, 7) is 0. The minimum atomic E-state index is -0.416. The molecule has 0 saturated heterocycles. The van der Waals surface area contributed by atoms with Gasteiger partial charge < -0.3 is 15.6 Å². The van der Waals surface area contributed by atoms with Crippen molar-refractivity contribution in [3.05, 3.63) is 5.82 Å². The highest BCUT2D eigenvalue weighted by Crippen LogP contribution is 1.95. The quantitative estimate of drug-likeness (QED) is 0.525. The molecule has 10 heavy (non-hydrogen) atoms. The number of nitrogen functional groups attached to an aromatic ring is 1. The van der Waals surface area contributed by atoms with E-state index in [-0.39, 0.29) is 11.8 Å². The van der Waals surface area contributed by atoms with Crippen LogP contribution in [0, 0.1) is 0 Å². The second-order valence-electron chi connectivity index (χ2n) is 1.54. The average molecular weight is 142 g/mol. The normalized spacial score (nSPS) is 9.30. The Morgan fingerprint density at radius 2 is 2.50 bits per heavy atom. The minimum absolute atomic E-state index is 0.0556. The summed E-state index contributed by atoms with van der Waals surface area (Å²) < 4.78 is 4.34. The lowest BCUT2D eigenvalue weighted by Crippen LogP contribution is -2.19. The largest absolute Gasteiger partial charge is 0.352 e. The summed E-state index contributed by atoms with van der Waals surface area (Å²) in [6, 6.07) is -0.112. The van der Waals surface area contributed by atoms with Gasteiger partial charge in [-0.2, -0.15) is 4.98 Å². The molecule has 0 radical (unpaired) electrons. The molecule has 1 aromatic heterocycles. The van der Waals surface area contributed by atoms with Crippen LogP contribution in [0.5, 0.6) is 0 Å². The number of nitrogens with two attached hydrogens (primary N) is 1. The molecule has 3 N–H and O–H groups in total. The van der Waals surface area contributed by atoms with E-state index in [0.717, 1.165) is 0 Å². The fraction of sp³-hybridized carbons (Fsp3) is 0.250. The molecule has 0 aliphatic rings. The van der Waals surface area contributed by atoms with Crippen LogP contribution in [0.2, 0.25) is 0 Å². The van der Waals surface area contributed by atoms with Crippen LogP contribution < -0.4 is 11.1 Å². The molecule has 1 amide bonds. The lowest BCUT2D eigenvalue weighted by Gasteiger charge is -1.86. The van der Waals surface area contributed by atoms with E-state index in [1.54, 1.807) is 0 Å². The van der Waals surface area contributed by atoms with Gasteiger partial charge >= 0.3 is 6.01 Å². The van der Waals surface area contributed by atoms with Gasteiger partial charge in [-0.05, 0) is 5.16 Å². The molecule has 0 atom stereocenters. The van der Waals surface area contributed by atoms with E-state index < -0.39 is 5.91 Å². The van der Waals surface area contributed by atoms with Crippen LogP contribution in [-0.4, -0.2) is 23.1 Å². The first-order valence-corrected chi connectivity index (χ1v) is 2.55. The Bertz CT molecular complexity index is 243. The molecule has 1 heterocycles. The van der Waals surface area contributed by atoms with Gasteiger partial charge in [-0.3, -0.25) is 4.79 Å². The maximum atomic E-state index is 10.7. The van der Waals surface area contributed by atoms with E-state index in [2.05, 4.69) is 20.0 Å². The van der Waals surface area contributed by atoms with Crippen molar-refractivity contribution in [3.63, 3.8) is 0 Å². The third-order valence-corrected chi connectivity index (χ3v) is 0.872. The van der Waals surface area contributed by atoms with Gasteiger partial charge in [0.05, 0.1) is 0 Å². The summed E-state index contributed by atoms with van der Waals surface area (Å²) in [7, 11) is 1.47. The minimum Gasteiger partial charge on any atom is -0.352 e. The fourth-order valence-corrected chi connectivity index (χ4v) is 0.439. The summed E-state index contributed by atoms with van der Waals surface area (Å²) >= 11 is 0. The van der Waals surface area contributed by atoms with Crippen molar-refractivity contribution >= 4 is 11.9 Å². The smallest absolute Gasteiger partial charge is 0.319 e. The molecule has 0 bridgehead atoms. The predicted molar refractivity (Wildman–Crippen MR) is 32.1 cm³/mol. The number of carbonyl (C=O) groups excluding carboxylic acids is 1. The average Bonchev–Trinajstić information content (AvgIpc) is 2.34. The van der Waals surface area contributed by atoms with Crippen LogP contribution in [0.4, 0.5) is 6.01 Å². The number of carbonyl (C=O) groups is 1. The molecule has 1 aromatic rings. The lowest BCUT2D eigenvalue weighted by molar-refractivity contribution is 0.0950. The van der Waals surface area contributed by atoms with Crippen molar-refractivity contribution in [3.8, 4) is 0 Å². The summed E-state index contributed by atoms with van der Waals surface area (Å²) in [4.78, 5) is 14.1. The van der Waals surface area contributed by atoms with E-state index in [4.69, 9.17) is 5.73 Å². The van der Waals surface area contributed by atoms with Crippen molar-refractivity contribution in [2.45, 2.75) is 0 Å². The summed E-state index contributed by atoms with van der Waals surface area (Å²) in [5.74, 6) is -0.472. The number of rotatable bonds is 1.